The molecule has 5 rings (SSSR count). The topological polar surface area (TPSA) is 81.4 Å². The summed E-state index contributed by atoms with van der Waals surface area (Å²) in [5, 5.41) is 10.1. The normalized spacial score (nSPS) is 16.5. The SMILES string of the molecule is N#Cc1c(-c2ccc(F)c(F)c2)nc(N2CCOCC2)nc1N1CCN(c2ncccc2C(F)(F)F)CC1. The first kappa shape index (κ1) is 25.6. The van der Waals surface area contributed by atoms with Crippen LogP contribution in [-0.4, -0.2) is 67.4 Å². The van der Waals surface area contributed by atoms with Gasteiger partial charge in [-0.25, -0.2) is 18.7 Å². The smallest absolute Gasteiger partial charge is 0.378 e. The summed E-state index contributed by atoms with van der Waals surface area (Å²) < 4.78 is 73.7. The van der Waals surface area contributed by atoms with Gasteiger partial charge in [-0.3, -0.25) is 0 Å². The summed E-state index contributed by atoms with van der Waals surface area (Å²) in [5.41, 5.74) is -0.399. The van der Waals surface area contributed by atoms with Crippen LogP contribution in [0, 0.1) is 23.0 Å². The Labute approximate surface area is 214 Å². The average Bonchev–Trinajstić information content (AvgIpc) is 2.94. The van der Waals surface area contributed by atoms with Crippen molar-refractivity contribution in [3.63, 3.8) is 0 Å². The van der Waals surface area contributed by atoms with E-state index in [1.807, 2.05) is 4.90 Å². The molecular weight excluding hydrogens is 509 g/mol. The van der Waals surface area contributed by atoms with Gasteiger partial charge in [-0.1, -0.05) is 0 Å². The van der Waals surface area contributed by atoms with E-state index >= 15 is 0 Å². The van der Waals surface area contributed by atoms with Crippen molar-refractivity contribution < 1.29 is 26.7 Å². The highest BCUT2D eigenvalue weighted by Gasteiger charge is 2.36. The van der Waals surface area contributed by atoms with Crippen molar-refractivity contribution in [3.05, 3.63) is 59.3 Å². The Bertz CT molecular complexity index is 1360. The number of rotatable bonds is 4. The molecule has 13 heteroatoms. The zero-order chi connectivity index (χ0) is 26.9. The Morgan fingerprint density at radius 2 is 1.53 bits per heavy atom. The summed E-state index contributed by atoms with van der Waals surface area (Å²) in [4.78, 5) is 18.4. The van der Waals surface area contributed by atoms with Gasteiger partial charge >= 0.3 is 6.18 Å². The van der Waals surface area contributed by atoms with Gasteiger partial charge in [0.25, 0.3) is 0 Å². The maximum Gasteiger partial charge on any atom is 0.419 e. The predicted molar refractivity (Wildman–Crippen MR) is 129 cm³/mol. The molecule has 0 bridgehead atoms. The third kappa shape index (κ3) is 5.04. The third-order valence-electron chi connectivity index (χ3n) is 6.45. The zero-order valence-corrected chi connectivity index (χ0v) is 20.0. The molecule has 0 unspecified atom stereocenters. The molecule has 0 amide bonds. The van der Waals surface area contributed by atoms with Crippen molar-refractivity contribution in [2.45, 2.75) is 6.18 Å². The highest BCUT2D eigenvalue weighted by molar-refractivity contribution is 5.75. The van der Waals surface area contributed by atoms with E-state index in [9.17, 15) is 27.2 Å². The van der Waals surface area contributed by atoms with Gasteiger partial charge in [0.15, 0.2) is 17.5 Å². The third-order valence-corrected chi connectivity index (χ3v) is 6.45. The molecule has 0 radical (unpaired) electrons. The Kier molecular flexibility index (Phi) is 6.98. The minimum atomic E-state index is -4.55. The number of pyridine rings is 1. The van der Waals surface area contributed by atoms with Crippen LogP contribution in [0.25, 0.3) is 11.3 Å². The van der Waals surface area contributed by atoms with Crippen LogP contribution in [0.15, 0.2) is 36.5 Å². The van der Waals surface area contributed by atoms with Crippen LogP contribution in [0.5, 0.6) is 0 Å². The molecule has 2 saturated heterocycles. The van der Waals surface area contributed by atoms with Gasteiger partial charge < -0.3 is 19.4 Å². The van der Waals surface area contributed by atoms with Crippen LogP contribution in [-0.2, 0) is 10.9 Å². The van der Waals surface area contributed by atoms with E-state index in [0.29, 0.717) is 32.3 Å². The molecular formula is C25H22F5N7O. The van der Waals surface area contributed by atoms with E-state index in [1.54, 1.807) is 9.80 Å². The molecule has 0 spiro atoms. The van der Waals surface area contributed by atoms with Gasteiger partial charge in [0, 0.05) is 51.0 Å². The van der Waals surface area contributed by atoms with Crippen LogP contribution >= 0.6 is 0 Å². The largest absolute Gasteiger partial charge is 0.419 e. The minimum Gasteiger partial charge on any atom is -0.378 e. The van der Waals surface area contributed by atoms with Crippen molar-refractivity contribution >= 4 is 17.6 Å². The number of nitriles is 1. The lowest BCUT2D eigenvalue weighted by molar-refractivity contribution is -0.137. The van der Waals surface area contributed by atoms with Crippen LogP contribution in [0.2, 0.25) is 0 Å². The second kappa shape index (κ2) is 10.4. The maximum absolute atomic E-state index is 14.1. The van der Waals surface area contributed by atoms with E-state index in [0.717, 1.165) is 18.2 Å². The average molecular weight is 531 g/mol. The molecule has 0 N–H and O–H groups in total. The van der Waals surface area contributed by atoms with E-state index in [1.165, 1.54) is 18.3 Å². The van der Waals surface area contributed by atoms with Crippen molar-refractivity contribution in [2.75, 3.05) is 67.2 Å². The number of nitrogens with zero attached hydrogens (tertiary/aromatic N) is 7. The number of ether oxygens (including phenoxy) is 1. The molecule has 2 aliphatic heterocycles. The first-order valence-electron chi connectivity index (χ1n) is 11.9. The molecule has 198 valence electrons. The Morgan fingerprint density at radius 1 is 0.842 bits per heavy atom. The van der Waals surface area contributed by atoms with E-state index in [4.69, 9.17) is 4.74 Å². The van der Waals surface area contributed by atoms with Gasteiger partial charge in [0.2, 0.25) is 5.95 Å². The first-order valence-corrected chi connectivity index (χ1v) is 11.9. The monoisotopic (exact) mass is 531 g/mol. The number of aromatic nitrogens is 3. The lowest BCUT2D eigenvalue weighted by Gasteiger charge is -2.37. The predicted octanol–water partition coefficient (Wildman–Crippen LogP) is 3.87. The quantitative estimate of drug-likeness (QED) is 0.470. The lowest BCUT2D eigenvalue weighted by atomic mass is 10.1. The minimum absolute atomic E-state index is 0.0651. The highest BCUT2D eigenvalue weighted by Crippen LogP contribution is 2.36. The molecule has 2 fully saturated rings. The second-order valence-electron chi connectivity index (χ2n) is 8.76. The molecule has 0 aliphatic carbocycles. The van der Waals surface area contributed by atoms with Crippen molar-refractivity contribution in [1.82, 2.24) is 15.0 Å². The van der Waals surface area contributed by atoms with Gasteiger partial charge in [-0.15, -0.1) is 0 Å². The van der Waals surface area contributed by atoms with Crippen molar-refractivity contribution in [2.24, 2.45) is 0 Å². The number of halogens is 5. The molecule has 0 saturated carbocycles. The standard InChI is InChI=1S/C25H22F5N7O/c26-19-4-3-16(14-20(19)27)21-17(15-31)22(34-24(33-21)37-10-12-38-13-11-37)35-6-8-36(9-7-35)23-18(25(28,29)30)2-1-5-32-23/h1-5,14H,6-13H2. The summed E-state index contributed by atoms with van der Waals surface area (Å²) in [6.45, 7) is 2.78. The first-order chi connectivity index (χ1) is 18.3. The molecule has 1 aromatic carbocycles. The number of hydrogen-bond donors (Lipinski definition) is 0. The fourth-order valence-corrected chi connectivity index (χ4v) is 4.53. The fourth-order valence-electron chi connectivity index (χ4n) is 4.53. The summed E-state index contributed by atoms with van der Waals surface area (Å²) in [5.74, 6) is -1.68. The van der Waals surface area contributed by atoms with Gasteiger partial charge in [0.05, 0.1) is 24.5 Å². The Hall–Kier alpha value is -4.05. The van der Waals surface area contributed by atoms with E-state index in [2.05, 4.69) is 21.0 Å². The summed E-state index contributed by atoms with van der Waals surface area (Å²) in [7, 11) is 0. The molecule has 2 aliphatic rings. The number of anilines is 3. The number of piperazine rings is 1. The zero-order valence-electron chi connectivity index (χ0n) is 20.0. The summed E-state index contributed by atoms with van der Waals surface area (Å²) in [6, 6.07) is 7.62. The number of benzene rings is 1. The van der Waals surface area contributed by atoms with Gasteiger partial charge in [0.1, 0.15) is 17.5 Å². The molecule has 3 aromatic rings. The Balaban J connectivity index is 1.51. The van der Waals surface area contributed by atoms with Crippen molar-refractivity contribution in [3.8, 4) is 17.3 Å². The molecule has 4 heterocycles. The van der Waals surface area contributed by atoms with Crippen LogP contribution in [0.4, 0.5) is 39.5 Å². The fraction of sp³-hybridized carbons (Fsp3) is 0.360. The number of hydrogen-bond acceptors (Lipinski definition) is 8. The second-order valence-corrected chi connectivity index (χ2v) is 8.76. The summed E-state index contributed by atoms with van der Waals surface area (Å²) >= 11 is 0. The van der Waals surface area contributed by atoms with Gasteiger partial charge in [-0.05, 0) is 30.3 Å². The maximum atomic E-state index is 14.1. The number of alkyl halides is 3. The summed E-state index contributed by atoms with van der Waals surface area (Å²) in [6.07, 6.45) is -3.23. The number of morpholine rings is 1. The van der Waals surface area contributed by atoms with Gasteiger partial charge in [-0.2, -0.15) is 23.4 Å². The van der Waals surface area contributed by atoms with Crippen LogP contribution in [0.3, 0.4) is 0 Å². The van der Waals surface area contributed by atoms with Crippen LogP contribution < -0.4 is 14.7 Å². The van der Waals surface area contributed by atoms with Crippen LogP contribution in [0.1, 0.15) is 11.1 Å². The molecule has 8 nitrogen and oxygen atoms in total. The van der Waals surface area contributed by atoms with Crippen molar-refractivity contribution in [1.29, 1.82) is 5.26 Å². The van der Waals surface area contributed by atoms with E-state index < -0.39 is 23.4 Å². The lowest BCUT2D eigenvalue weighted by Crippen LogP contribution is -2.48. The molecule has 2 aromatic heterocycles. The highest BCUT2D eigenvalue weighted by atomic mass is 19.4. The molecule has 0 atom stereocenters. The van der Waals surface area contributed by atoms with E-state index in [-0.39, 0.29) is 54.6 Å². The molecule has 38 heavy (non-hydrogen) atoms. The Morgan fingerprint density at radius 3 is 2.16 bits per heavy atom.